The van der Waals surface area contributed by atoms with Crippen molar-refractivity contribution in [2.75, 3.05) is 26.8 Å². The highest BCUT2D eigenvalue weighted by atomic mass is 79.9. The quantitative estimate of drug-likeness (QED) is 0.614. The van der Waals surface area contributed by atoms with E-state index in [4.69, 9.17) is 4.74 Å². The summed E-state index contributed by atoms with van der Waals surface area (Å²) in [6, 6.07) is 4.25. The Hall–Kier alpha value is -1.47. The van der Waals surface area contributed by atoms with Gasteiger partial charge in [0.1, 0.15) is 0 Å². The number of non-ortho nitro benzene ring substituents is 1. The van der Waals surface area contributed by atoms with Crippen molar-refractivity contribution in [3.63, 3.8) is 0 Å². The van der Waals surface area contributed by atoms with E-state index in [-0.39, 0.29) is 11.6 Å². The molecule has 0 radical (unpaired) electrons. The number of nitro groups is 1. The van der Waals surface area contributed by atoms with Crippen LogP contribution in [0.15, 0.2) is 22.7 Å². The Morgan fingerprint density at radius 3 is 3.00 bits per heavy atom. The third kappa shape index (κ3) is 3.79. The van der Waals surface area contributed by atoms with Crippen molar-refractivity contribution in [1.29, 1.82) is 0 Å². The van der Waals surface area contributed by atoms with Crippen LogP contribution in [-0.2, 0) is 4.74 Å². The zero-order chi connectivity index (χ0) is 15.4. The number of rotatable bonds is 4. The van der Waals surface area contributed by atoms with E-state index in [2.05, 4.69) is 15.9 Å². The third-order valence-corrected chi connectivity index (χ3v) is 4.29. The summed E-state index contributed by atoms with van der Waals surface area (Å²) in [6.07, 6.45) is 1.96. The van der Waals surface area contributed by atoms with Gasteiger partial charge in [-0.2, -0.15) is 0 Å². The van der Waals surface area contributed by atoms with Gasteiger partial charge in [0, 0.05) is 36.8 Å². The van der Waals surface area contributed by atoms with Crippen molar-refractivity contribution >= 4 is 27.5 Å². The lowest BCUT2D eigenvalue weighted by molar-refractivity contribution is -0.384. The van der Waals surface area contributed by atoms with Crippen LogP contribution in [0.25, 0.3) is 0 Å². The van der Waals surface area contributed by atoms with Crippen molar-refractivity contribution in [2.45, 2.75) is 12.8 Å². The van der Waals surface area contributed by atoms with E-state index in [0.29, 0.717) is 35.7 Å². The number of carbonyl (C=O) groups is 1. The number of likely N-dealkylation sites (tertiary alicyclic amines) is 1. The minimum absolute atomic E-state index is 0.0769. The number of piperidine rings is 1. The predicted octanol–water partition coefficient (Wildman–Crippen LogP) is 2.86. The van der Waals surface area contributed by atoms with E-state index in [0.717, 1.165) is 12.8 Å². The molecule has 1 aromatic carbocycles. The average molecular weight is 357 g/mol. The largest absolute Gasteiger partial charge is 0.384 e. The summed E-state index contributed by atoms with van der Waals surface area (Å²) >= 11 is 3.30. The summed E-state index contributed by atoms with van der Waals surface area (Å²) in [5.41, 5.74) is 0.259. The lowest BCUT2D eigenvalue weighted by atomic mass is 9.98. The molecule has 6 nitrogen and oxygen atoms in total. The van der Waals surface area contributed by atoms with Crippen LogP contribution in [-0.4, -0.2) is 42.5 Å². The summed E-state index contributed by atoms with van der Waals surface area (Å²) in [5, 5.41) is 10.8. The number of nitro benzene ring substituents is 1. The van der Waals surface area contributed by atoms with Crippen molar-refractivity contribution in [1.82, 2.24) is 4.90 Å². The van der Waals surface area contributed by atoms with E-state index < -0.39 is 4.92 Å². The fraction of sp³-hybridized carbons (Fsp3) is 0.500. The van der Waals surface area contributed by atoms with Crippen LogP contribution in [0, 0.1) is 16.0 Å². The first-order chi connectivity index (χ1) is 10.0. The number of amides is 1. The summed E-state index contributed by atoms with van der Waals surface area (Å²) in [7, 11) is 1.65. The van der Waals surface area contributed by atoms with Gasteiger partial charge in [0.2, 0.25) is 0 Å². The van der Waals surface area contributed by atoms with Crippen molar-refractivity contribution in [3.8, 4) is 0 Å². The van der Waals surface area contributed by atoms with E-state index in [1.54, 1.807) is 18.1 Å². The molecule has 0 aliphatic carbocycles. The highest BCUT2D eigenvalue weighted by Crippen LogP contribution is 2.26. The Morgan fingerprint density at radius 1 is 1.57 bits per heavy atom. The topological polar surface area (TPSA) is 72.7 Å². The third-order valence-electron chi connectivity index (χ3n) is 3.60. The van der Waals surface area contributed by atoms with Gasteiger partial charge in [-0.1, -0.05) is 0 Å². The molecule has 1 unspecified atom stereocenters. The zero-order valence-electron chi connectivity index (χ0n) is 11.8. The highest BCUT2D eigenvalue weighted by Gasteiger charge is 2.26. The molecule has 0 saturated carbocycles. The monoisotopic (exact) mass is 356 g/mol. The number of methoxy groups -OCH3 is 1. The summed E-state index contributed by atoms with van der Waals surface area (Å²) in [5.74, 6) is 0.150. The maximum atomic E-state index is 12.6. The number of halogens is 1. The van der Waals surface area contributed by atoms with Gasteiger partial charge in [-0.25, -0.2) is 0 Å². The van der Waals surface area contributed by atoms with Crippen LogP contribution in [0.3, 0.4) is 0 Å². The SMILES string of the molecule is COCC1CCCN(C(=O)c2cc([N+](=O)[O-])ccc2Br)C1. The molecule has 1 saturated heterocycles. The van der Waals surface area contributed by atoms with Gasteiger partial charge < -0.3 is 9.64 Å². The van der Waals surface area contributed by atoms with Gasteiger partial charge in [-0.15, -0.1) is 0 Å². The van der Waals surface area contributed by atoms with Crippen LogP contribution < -0.4 is 0 Å². The maximum absolute atomic E-state index is 12.6. The molecule has 1 aliphatic rings. The first-order valence-corrected chi connectivity index (χ1v) is 7.54. The fourth-order valence-corrected chi connectivity index (χ4v) is 3.00. The molecule has 0 spiro atoms. The summed E-state index contributed by atoms with van der Waals surface area (Å²) in [6.45, 7) is 1.93. The minimum Gasteiger partial charge on any atom is -0.384 e. The summed E-state index contributed by atoms with van der Waals surface area (Å²) < 4.78 is 5.73. The van der Waals surface area contributed by atoms with Gasteiger partial charge in [0.05, 0.1) is 17.1 Å². The fourth-order valence-electron chi connectivity index (χ4n) is 2.58. The second-order valence-electron chi connectivity index (χ2n) is 5.14. The Bertz CT molecular complexity index is 548. The Labute approximate surface area is 131 Å². The molecule has 114 valence electrons. The van der Waals surface area contributed by atoms with Crippen molar-refractivity contribution < 1.29 is 14.5 Å². The van der Waals surface area contributed by atoms with Crippen LogP contribution in [0.1, 0.15) is 23.2 Å². The number of benzene rings is 1. The molecule has 2 rings (SSSR count). The minimum atomic E-state index is -0.493. The second-order valence-corrected chi connectivity index (χ2v) is 5.99. The molecular formula is C14H17BrN2O4. The van der Waals surface area contributed by atoms with Crippen LogP contribution in [0.4, 0.5) is 5.69 Å². The lowest BCUT2D eigenvalue weighted by Crippen LogP contribution is -2.41. The number of nitrogens with zero attached hydrogens (tertiary/aromatic N) is 2. The highest BCUT2D eigenvalue weighted by molar-refractivity contribution is 9.10. The molecule has 21 heavy (non-hydrogen) atoms. The molecule has 1 fully saturated rings. The smallest absolute Gasteiger partial charge is 0.270 e. The van der Waals surface area contributed by atoms with Gasteiger partial charge in [0.25, 0.3) is 11.6 Å². The molecule has 7 heteroatoms. The van der Waals surface area contributed by atoms with Crippen molar-refractivity contribution in [3.05, 3.63) is 38.3 Å². The Kier molecular flexibility index (Phi) is 5.30. The van der Waals surface area contributed by atoms with Gasteiger partial charge >= 0.3 is 0 Å². The second kappa shape index (κ2) is 7.00. The number of hydrogen-bond donors (Lipinski definition) is 0. The molecule has 1 heterocycles. The maximum Gasteiger partial charge on any atom is 0.270 e. The Balaban J connectivity index is 2.19. The molecule has 0 aromatic heterocycles. The number of carbonyl (C=O) groups excluding carboxylic acids is 1. The molecule has 1 aliphatic heterocycles. The zero-order valence-corrected chi connectivity index (χ0v) is 13.3. The Morgan fingerprint density at radius 2 is 2.33 bits per heavy atom. The lowest BCUT2D eigenvalue weighted by Gasteiger charge is -2.32. The van der Waals surface area contributed by atoms with Crippen molar-refractivity contribution in [2.24, 2.45) is 5.92 Å². The molecular weight excluding hydrogens is 340 g/mol. The normalized spacial score (nSPS) is 18.6. The first kappa shape index (κ1) is 15.9. The number of hydrogen-bond acceptors (Lipinski definition) is 4. The van der Waals surface area contributed by atoms with Crippen LogP contribution in [0.2, 0.25) is 0 Å². The van der Waals surface area contributed by atoms with Gasteiger partial charge in [-0.3, -0.25) is 14.9 Å². The molecule has 0 N–H and O–H groups in total. The van der Waals surface area contributed by atoms with E-state index in [9.17, 15) is 14.9 Å². The van der Waals surface area contributed by atoms with E-state index in [1.807, 2.05) is 0 Å². The molecule has 0 bridgehead atoms. The molecule has 1 aromatic rings. The average Bonchev–Trinajstić information content (AvgIpc) is 2.47. The van der Waals surface area contributed by atoms with E-state index >= 15 is 0 Å². The standard InChI is InChI=1S/C14H17BrN2O4/c1-21-9-10-3-2-6-16(8-10)14(18)12-7-11(17(19)20)4-5-13(12)15/h4-5,7,10H,2-3,6,8-9H2,1H3. The number of ether oxygens (including phenoxy) is 1. The first-order valence-electron chi connectivity index (χ1n) is 6.75. The van der Waals surface area contributed by atoms with Crippen LogP contribution >= 0.6 is 15.9 Å². The molecule has 1 atom stereocenters. The van der Waals surface area contributed by atoms with E-state index in [1.165, 1.54) is 12.1 Å². The van der Waals surface area contributed by atoms with Crippen LogP contribution in [0.5, 0.6) is 0 Å². The predicted molar refractivity (Wildman–Crippen MR) is 81.3 cm³/mol. The molecule has 1 amide bonds. The summed E-state index contributed by atoms with van der Waals surface area (Å²) in [4.78, 5) is 24.7. The van der Waals surface area contributed by atoms with Gasteiger partial charge in [0.15, 0.2) is 0 Å². The van der Waals surface area contributed by atoms with Gasteiger partial charge in [-0.05, 0) is 40.8 Å².